The van der Waals surface area contributed by atoms with Crippen molar-refractivity contribution in [3.05, 3.63) is 66.2 Å². The van der Waals surface area contributed by atoms with Crippen molar-refractivity contribution in [2.75, 3.05) is 13.2 Å². The van der Waals surface area contributed by atoms with Crippen LogP contribution in [0, 0.1) is 6.92 Å². The molecular formula is C21H22O5. The molecule has 0 fully saturated rings. The van der Waals surface area contributed by atoms with Crippen LogP contribution in [0.25, 0.3) is 11.1 Å². The van der Waals surface area contributed by atoms with Crippen molar-refractivity contribution < 1.29 is 24.2 Å². The first-order valence-electron chi connectivity index (χ1n) is 8.39. The normalized spacial score (nSPS) is 10.2. The van der Waals surface area contributed by atoms with Crippen molar-refractivity contribution in [1.29, 1.82) is 0 Å². The van der Waals surface area contributed by atoms with E-state index in [-0.39, 0.29) is 5.56 Å². The SMILES string of the molecule is C=CC(=O)OCCCCOc1ccc(C(=O)O)c(C)c1-c1ccccc1. The van der Waals surface area contributed by atoms with Crippen LogP contribution in [-0.4, -0.2) is 30.3 Å². The summed E-state index contributed by atoms with van der Waals surface area (Å²) in [4.78, 5) is 22.4. The molecule has 2 rings (SSSR count). The van der Waals surface area contributed by atoms with Crippen LogP contribution in [0.15, 0.2) is 55.1 Å². The first-order chi connectivity index (χ1) is 12.5. The average Bonchev–Trinajstić information content (AvgIpc) is 2.64. The summed E-state index contributed by atoms with van der Waals surface area (Å²) >= 11 is 0. The first kappa shape index (κ1) is 19.2. The van der Waals surface area contributed by atoms with Crippen LogP contribution in [0.1, 0.15) is 28.8 Å². The Bertz CT molecular complexity index is 780. The summed E-state index contributed by atoms with van der Waals surface area (Å²) in [6, 6.07) is 12.8. The van der Waals surface area contributed by atoms with E-state index in [1.165, 1.54) is 0 Å². The molecular weight excluding hydrogens is 332 g/mol. The maximum atomic E-state index is 11.4. The number of carbonyl (C=O) groups is 2. The van der Waals surface area contributed by atoms with Crippen LogP contribution >= 0.6 is 0 Å². The predicted octanol–water partition coefficient (Wildman–Crippen LogP) is 4.25. The van der Waals surface area contributed by atoms with Crippen LogP contribution in [-0.2, 0) is 9.53 Å². The molecule has 0 saturated heterocycles. The minimum absolute atomic E-state index is 0.257. The number of esters is 1. The van der Waals surface area contributed by atoms with E-state index in [9.17, 15) is 14.7 Å². The van der Waals surface area contributed by atoms with Gasteiger partial charge in [0.15, 0.2) is 0 Å². The Balaban J connectivity index is 2.10. The minimum atomic E-state index is -0.963. The number of hydrogen-bond donors (Lipinski definition) is 1. The lowest BCUT2D eigenvalue weighted by Gasteiger charge is -2.16. The molecule has 0 spiro atoms. The molecule has 0 aromatic heterocycles. The summed E-state index contributed by atoms with van der Waals surface area (Å²) in [7, 11) is 0. The summed E-state index contributed by atoms with van der Waals surface area (Å²) in [5.74, 6) is -0.755. The lowest BCUT2D eigenvalue weighted by atomic mass is 9.95. The zero-order chi connectivity index (χ0) is 18.9. The van der Waals surface area contributed by atoms with Crippen LogP contribution in [0.3, 0.4) is 0 Å². The predicted molar refractivity (Wildman–Crippen MR) is 99.5 cm³/mol. The summed E-state index contributed by atoms with van der Waals surface area (Å²) < 4.78 is 10.8. The third-order valence-electron chi connectivity index (χ3n) is 3.93. The molecule has 0 amide bonds. The zero-order valence-electron chi connectivity index (χ0n) is 14.7. The van der Waals surface area contributed by atoms with Crippen molar-refractivity contribution in [3.8, 4) is 16.9 Å². The van der Waals surface area contributed by atoms with Crippen molar-refractivity contribution >= 4 is 11.9 Å². The smallest absolute Gasteiger partial charge is 0.335 e. The molecule has 26 heavy (non-hydrogen) atoms. The van der Waals surface area contributed by atoms with Gasteiger partial charge < -0.3 is 14.6 Å². The molecule has 1 N–H and O–H groups in total. The topological polar surface area (TPSA) is 72.8 Å². The Morgan fingerprint density at radius 3 is 2.42 bits per heavy atom. The van der Waals surface area contributed by atoms with Gasteiger partial charge in [-0.2, -0.15) is 0 Å². The fourth-order valence-electron chi connectivity index (χ4n) is 2.62. The molecule has 2 aromatic rings. The maximum Gasteiger partial charge on any atom is 0.335 e. The van der Waals surface area contributed by atoms with Crippen LogP contribution in [0.5, 0.6) is 5.75 Å². The number of unbranched alkanes of at least 4 members (excludes halogenated alkanes) is 1. The highest BCUT2D eigenvalue weighted by Gasteiger charge is 2.16. The van der Waals surface area contributed by atoms with Crippen molar-refractivity contribution in [2.24, 2.45) is 0 Å². The van der Waals surface area contributed by atoms with Gasteiger partial charge in [-0.3, -0.25) is 0 Å². The Hall–Kier alpha value is -3.08. The fourth-order valence-corrected chi connectivity index (χ4v) is 2.62. The largest absolute Gasteiger partial charge is 0.493 e. The number of benzene rings is 2. The van der Waals surface area contributed by atoms with Gasteiger partial charge in [-0.15, -0.1) is 0 Å². The number of carboxylic acids is 1. The lowest BCUT2D eigenvalue weighted by Crippen LogP contribution is -2.06. The van der Waals surface area contributed by atoms with Crippen LogP contribution in [0.2, 0.25) is 0 Å². The second kappa shape index (κ2) is 9.42. The molecule has 136 valence electrons. The van der Waals surface area contributed by atoms with E-state index in [0.717, 1.165) is 17.2 Å². The summed E-state index contributed by atoms with van der Waals surface area (Å²) in [5.41, 5.74) is 2.61. The molecule has 0 aliphatic rings. The fraction of sp³-hybridized carbons (Fsp3) is 0.238. The van der Waals surface area contributed by atoms with Gasteiger partial charge >= 0.3 is 11.9 Å². The highest BCUT2D eigenvalue weighted by atomic mass is 16.5. The second-order valence-electron chi connectivity index (χ2n) is 5.71. The van der Waals surface area contributed by atoms with Gasteiger partial charge in [-0.05, 0) is 43.0 Å². The number of rotatable bonds is 9. The van der Waals surface area contributed by atoms with E-state index in [1.54, 1.807) is 19.1 Å². The van der Waals surface area contributed by atoms with E-state index < -0.39 is 11.9 Å². The lowest BCUT2D eigenvalue weighted by molar-refractivity contribution is -0.137. The first-order valence-corrected chi connectivity index (χ1v) is 8.39. The van der Waals surface area contributed by atoms with Gasteiger partial charge in [-0.1, -0.05) is 36.9 Å². The number of ether oxygens (including phenoxy) is 2. The Morgan fingerprint density at radius 1 is 1.08 bits per heavy atom. The van der Waals surface area contributed by atoms with Crippen molar-refractivity contribution in [3.63, 3.8) is 0 Å². The Morgan fingerprint density at radius 2 is 1.77 bits per heavy atom. The average molecular weight is 354 g/mol. The van der Waals surface area contributed by atoms with Gasteiger partial charge in [0.25, 0.3) is 0 Å². The van der Waals surface area contributed by atoms with Crippen molar-refractivity contribution in [2.45, 2.75) is 19.8 Å². The molecule has 0 saturated carbocycles. The Kier molecular flexibility index (Phi) is 6.97. The molecule has 5 nitrogen and oxygen atoms in total. The van der Waals surface area contributed by atoms with Crippen molar-refractivity contribution in [1.82, 2.24) is 0 Å². The molecule has 0 radical (unpaired) electrons. The third-order valence-corrected chi connectivity index (χ3v) is 3.93. The van der Waals surface area contributed by atoms with E-state index >= 15 is 0 Å². The van der Waals surface area contributed by atoms with E-state index in [2.05, 4.69) is 6.58 Å². The third kappa shape index (κ3) is 4.96. The Labute approximate surface area is 152 Å². The summed E-state index contributed by atoms with van der Waals surface area (Å²) in [6.07, 6.45) is 2.51. The number of aromatic carboxylic acids is 1. The maximum absolute atomic E-state index is 11.4. The molecule has 0 unspecified atom stereocenters. The summed E-state index contributed by atoms with van der Waals surface area (Å²) in [5, 5.41) is 9.38. The van der Waals surface area contributed by atoms with Gasteiger partial charge in [0, 0.05) is 11.6 Å². The van der Waals surface area contributed by atoms with Gasteiger partial charge in [0.2, 0.25) is 0 Å². The highest BCUT2D eigenvalue weighted by Crippen LogP contribution is 2.35. The highest BCUT2D eigenvalue weighted by molar-refractivity contribution is 5.93. The molecule has 2 aromatic carbocycles. The van der Waals surface area contributed by atoms with Gasteiger partial charge in [0.05, 0.1) is 18.8 Å². The number of carboxylic acid groups (broad SMARTS) is 1. The van der Waals surface area contributed by atoms with E-state index in [0.29, 0.717) is 37.4 Å². The molecule has 0 heterocycles. The van der Waals surface area contributed by atoms with E-state index in [4.69, 9.17) is 9.47 Å². The van der Waals surface area contributed by atoms with Crippen LogP contribution < -0.4 is 4.74 Å². The number of hydrogen-bond acceptors (Lipinski definition) is 4. The molecule has 0 bridgehead atoms. The molecule has 0 aliphatic heterocycles. The van der Waals surface area contributed by atoms with E-state index in [1.807, 2.05) is 30.3 Å². The molecule has 5 heteroatoms. The van der Waals surface area contributed by atoms with Gasteiger partial charge in [-0.25, -0.2) is 9.59 Å². The minimum Gasteiger partial charge on any atom is -0.493 e. The quantitative estimate of drug-likeness (QED) is 0.414. The van der Waals surface area contributed by atoms with Crippen LogP contribution in [0.4, 0.5) is 0 Å². The zero-order valence-corrected chi connectivity index (χ0v) is 14.7. The molecule has 0 aliphatic carbocycles. The molecule has 0 atom stereocenters. The number of carbonyl (C=O) groups excluding carboxylic acids is 1. The summed E-state index contributed by atoms with van der Waals surface area (Å²) in [6.45, 7) is 5.88. The monoisotopic (exact) mass is 354 g/mol. The van der Waals surface area contributed by atoms with Gasteiger partial charge in [0.1, 0.15) is 5.75 Å². The standard InChI is InChI=1S/C21H22O5/c1-3-19(22)26-14-8-7-13-25-18-12-11-17(21(23)24)15(2)20(18)16-9-5-4-6-10-16/h3-6,9-12H,1,7-8,13-14H2,2H3,(H,23,24). The second-order valence-corrected chi connectivity index (χ2v) is 5.71.